The quantitative estimate of drug-likeness (QED) is 0.854. The van der Waals surface area contributed by atoms with Crippen LogP contribution in [0.2, 0.25) is 0 Å². The number of nitrogens with one attached hydrogen (secondary N) is 1. The molecular formula is C13H18INO2. The molecule has 1 aromatic rings. The number of carbonyl (C=O) groups is 1. The van der Waals surface area contributed by atoms with Crippen molar-refractivity contribution in [3.63, 3.8) is 0 Å². The molecule has 0 spiro atoms. The Labute approximate surface area is 116 Å². The molecule has 0 bridgehead atoms. The molecule has 94 valence electrons. The number of halogens is 1. The summed E-state index contributed by atoms with van der Waals surface area (Å²) in [4.78, 5) is 11.8. The second kappa shape index (κ2) is 5.71. The van der Waals surface area contributed by atoms with E-state index in [4.69, 9.17) is 4.74 Å². The molecule has 0 aliphatic heterocycles. The molecule has 1 aromatic carbocycles. The van der Waals surface area contributed by atoms with E-state index in [9.17, 15) is 4.79 Å². The molecule has 1 atom stereocenters. The van der Waals surface area contributed by atoms with Crippen LogP contribution in [0.15, 0.2) is 24.3 Å². The Morgan fingerprint density at radius 3 is 2.47 bits per heavy atom. The van der Waals surface area contributed by atoms with Gasteiger partial charge < -0.3 is 10.1 Å². The number of carbonyl (C=O) groups excluding carboxylic acids is 1. The summed E-state index contributed by atoms with van der Waals surface area (Å²) in [5.74, 6) is 0.641. The molecule has 3 nitrogen and oxygen atoms in total. The number of benzene rings is 1. The topological polar surface area (TPSA) is 38.3 Å². The zero-order valence-electron chi connectivity index (χ0n) is 10.6. The third-order valence-electron chi connectivity index (χ3n) is 2.01. The van der Waals surface area contributed by atoms with Crippen LogP contribution >= 0.6 is 22.6 Å². The second-order valence-electron chi connectivity index (χ2n) is 4.93. The lowest BCUT2D eigenvalue weighted by Crippen LogP contribution is -2.46. The first-order valence-electron chi connectivity index (χ1n) is 5.53. The van der Waals surface area contributed by atoms with Crippen LogP contribution in [-0.2, 0) is 4.79 Å². The average molecular weight is 347 g/mol. The minimum atomic E-state index is -0.495. The van der Waals surface area contributed by atoms with Crippen molar-refractivity contribution in [2.24, 2.45) is 0 Å². The van der Waals surface area contributed by atoms with Crippen molar-refractivity contribution in [2.75, 3.05) is 0 Å². The van der Waals surface area contributed by atoms with Crippen LogP contribution in [0.3, 0.4) is 0 Å². The Balaban J connectivity index is 2.64. The third kappa shape index (κ3) is 4.93. The predicted molar refractivity (Wildman–Crippen MR) is 77.1 cm³/mol. The van der Waals surface area contributed by atoms with E-state index in [2.05, 4.69) is 27.9 Å². The van der Waals surface area contributed by atoms with Gasteiger partial charge in [0.1, 0.15) is 5.75 Å². The van der Waals surface area contributed by atoms with Gasteiger partial charge in [-0.3, -0.25) is 4.79 Å². The van der Waals surface area contributed by atoms with Crippen molar-refractivity contribution in [3.05, 3.63) is 27.8 Å². The van der Waals surface area contributed by atoms with Crippen LogP contribution in [0, 0.1) is 3.57 Å². The summed E-state index contributed by atoms with van der Waals surface area (Å²) in [6.45, 7) is 7.60. The van der Waals surface area contributed by atoms with Crippen LogP contribution < -0.4 is 10.1 Å². The smallest absolute Gasteiger partial charge is 0.261 e. The van der Waals surface area contributed by atoms with E-state index in [0.717, 1.165) is 9.32 Å². The molecule has 0 saturated carbocycles. The average Bonchev–Trinajstić information content (AvgIpc) is 2.18. The predicted octanol–water partition coefficient (Wildman–Crippen LogP) is 2.97. The highest BCUT2D eigenvalue weighted by Crippen LogP contribution is 2.21. The first-order chi connectivity index (χ1) is 7.79. The van der Waals surface area contributed by atoms with Crippen molar-refractivity contribution in [1.29, 1.82) is 0 Å². The van der Waals surface area contributed by atoms with Crippen LogP contribution in [0.25, 0.3) is 0 Å². The lowest BCUT2D eigenvalue weighted by atomic mass is 10.1. The summed E-state index contributed by atoms with van der Waals surface area (Å²) in [5, 5.41) is 2.89. The summed E-state index contributed by atoms with van der Waals surface area (Å²) >= 11 is 2.19. The normalized spacial score (nSPS) is 13.0. The largest absolute Gasteiger partial charge is 0.480 e. The van der Waals surface area contributed by atoms with Gasteiger partial charge in [0, 0.05) is 5.54 Å². The van der Waals surface area contributed by atoms with Crippen LogP contribution in [0.1, 0.15) is 27.7 Å². The second-order valence-corrected chi connectivity index (χ2v) is 6.09. The Morgan fingerprint density at radius 2 is 1.94 bits per heavy atom. The Morgan fingerprint density at radius 1 is 1.35 bits per heavy atom. The molecule has 4 heteroatoms. The number of para-hydroxylation sites is 1. The van der Waals surface area contributed by atoms with E-state index in [1.165, 1.54) is 0 Å². The lowest BCUT2D eigenvalue weighted by molar-refractivity contribution is -0.128. The fraction of sp³-hybridized carbons (Fsp3) is 0.462. The molecule has 0 heterocycles. The molecule has 17 heavy (non-hydrogen) atoms. The van der Waals surface area contributed by atoms with E-state index < -0.39 is 6.10 Å². The van der Waals surface area contributed by atoms with Crippen LogP contribution in [-0.4, -0.2) is 17.6 Å². The monoisotopic (exact) mass is 347 g/mol. The summed E-state index contributed by atoms with van der Waals surface area (Å²) in [6.07, 6.45) is -0.495. The van der Waals surface area contributed by atoms with E-state index in [-0.39, 0.29) is 11.4 Å². The van der Waals surface area contributed by atoms with E-state index in [1.807, 2.05) is 45.0 Å². The Kier molecular flexibility index (Phi) is 4.80. The fourth-order valence-electron chi connectivity index (χ4n) is 1.26. The third-order valence-corrected chi connectivity index (χ3v) is 2.90. The number of hydrogen-bond acceptors (Lipinski definition) is 2. The zero-order valence-corrected chi connectivity index (χ0v) is 12.7. The van der Waals surface area contributed by atoms with Gasteiger partial charge in [-0.25, -0.2) is 0 Å². The zero-order chi connectivity index (χ0) is 13.1. The van der Waals surface area contributed by atoms with Gasteiger partial charge in [0.2, 0.25) is 0 Å². The molecular weight excluding hydrogens is 329 g/mol. The molecule has 1 rings (SSSR count). The number of amides is 1. The molecule has 1 N–H and O–H groups in total. The molecule has 0 saturated heterocycles. The summed E-state index contributed by atoms with van der Waals surface area (Å²) < 4.78 is 6.63. The van der Waals surface area contributed by atoms with Gasteiger partial charge in [0.15, 0.2) is 6.10 Å². The Bertz CT molecular complexity index is 399. The number of ether oxygens (including phenoxy) is 1. The maximum atomic E-state index is 11.8. The minimum absolute atomic E-state index is 0.0999. The van der Waals surface area contributed by atoms with Crippen molar-refractivity contribution < 1.29 is 9.53 Å². The fourth-order valence-corrected chi connectivity index (χ4v) is 1.77. The van der Waals surface area contributed by atoms with E-state index >= 15 is 0 Å². The van der Waals surface area contributed by atoms with Gasteiger partial charge in [0.25, 0.3) is 5.91 Å². The highest BCUT2D eigenvalue weighted by molar-refractivity contribution is 14.1. The standard InChI is InChI=1S/C13H18INO2/c1-9(12(16)15-13(2,3)4)17-11-8-6-5-7-10(11)14/h5-9H,1-4H3,(H,15,16). The van der Waals surface area contributed by atoms with E-state index in [0.29, 0.717) is 0 Å². The van der Waals surface area contributed by atoms with Gasteiger partial charge in [-0.2, -0.15) is 0 Å². The first-order valence-corrected chi connectivity index (χ1v) is 6.61. The maximum Gasteiger partial charge on any atom is 0.261 e. The summed E-state index contributed by atoms with van der Waals surface area (Å²) in [6, 6.07) is 7.65. The van der Waals surface area contributed by atoms with Gasteiger partial charge >= 0.3 is 0 Å². The highest BCUT2D eigenvalue weighted by Gasteiger charge is 2.20. The van der Waals surface area contributed by atoms with Crippen molar-refractivity contribution >= 4 is 28.5 Å². The van der Waals surface area contributed by atoms with Crippen LogP contribution in [0.5, 0.6) is 5.75 Å². The Hall–Kier alpha value is -0.780. The molecule has 0 aliphatic rings. The molecule has 1 unspecified atom stereocenters. The van der Waals surface area contributed by atoms with E-state index in [1.54, 1.807) is 6.92 Å². The molecule has 0 aliphatic carbocycles. The SMILES string of the molecule is CC(Oc1ccccc1I)C(=O)NC(C)(C)C. The van der Waals surface area contributed by atoms with Crippen LogP contribution in [0.4, 0.5) is 0 Å². The number of hydrogen-bond donors (Lipinski definition) is 1. The van der Waals surface area contributed by atoms with Gasteiger partial charge in [-0.15, -0.1) is 0 Å². The van der Waals surface area contributed by atoms with Crippen molar-refractivity contribution in [1.82, 2.24) is 5.32 Å². The first kappa shape index (κ1) is 14.3. The number of rotatable bonds is 3. The summed E-state index contributed by atoms with van der Waals surface area (Å²) in [7, 11) is 0. The van der Waals surface area contributed by atoms with Crippen molar-refractivity contribution in [2.45, 2.75) is 39.3 Å². The molecule has 0 aromatic heterocycles. The minimum Gasteiger partial charge on any atom is -0.480 e. The molecule has 0 radical (unpaired) electrons. The van der Waals surface area contributed by atoms with Gasteiger partial charge in [-0.1, -0.05) is 12.1 Å². The van der Waals surface area contributed by atoms with Gasteiger partial charge in [-0.05, 0) is 62.4 Å². The molecule has 1 amide bonds. The highest BCUT2D eigenvalue weighted by atomic mass is 127. The lowest BCUT2D eigenvalue weighted by Gasteiger charge is -2.23. The molecule has 0 fully saturated rings. The maximum absolute atomic E-state index is 11.8. The van der Waals surface area contributed by atoms with Gasteiger partial charge in [0.05, 0.1) is 3.57 Å². The summed E-state index contributed by atoms with van der Waals surface area (Å²) in [5.41, 5.74) is -0.238. The van der Waals surface area contributed by atoms with Crippen molar-refractivity contribution in [3.8, 4) is 5.75 Å².